The predicted molar refractivity (Wildman–Crippen MR) is 63.9 cm³/mol. The third-order valence-electron chi connectivity index (χ3n) is 2.66. The van der Waals surface area contributed by atoms with Crippen molar-refractivity contribution < 1.29 is 4.79 Å². The fourth-order valence-electron chi connectivity index (χ4n) is 1.85. The summed E-state index contributed by atoms with van der Waals surface area (Å²) >= 11 is 0. The minimum atomic E-state index is -0.328. The second kappa shape index (κ2) is 3.62. The quantitative estimate of drug-likeness (QED) is 0.636. The molecule has 1 aromatic carbocycles. The third-order valence-corrected chi connectivity index (χ3v) is 2.66. The lowest BCUT2D eigenvalue weighted by molar-refractivity contribution is 0.0979. The second-order valence-electron chi connectivity index (χ2n) is 3.91. The van der Waals surface area contributed by atoms with E-state index in [0.29, 0.717) is 11.2 Å². The zero-order chi connectivity index (χ0) is 11.8. The lowest BCUT2D eigenvalue weighted by Crippen LogP contribution is -2.57. The molecule has 17 heavy (non-hydrogen) atoms. The highest BCUT2D eigenvalue weighted by Crippen LogP contribution is 2.17. The highest BCUT2D eigenvalue weighted by molar-refractivity contribution is 6.76. The standard InChI is InChI=1S/C10H10BN5O/c1-16-6-9(14-15-16)11-12-8-5-3-2-4-7(8)10(17)13-11/h2-6,12H,1H3,(H,13,17). The molecule has 1 aliphatic rings. The van der Waals surface area contributed by atoms with Gasteiger partial charge in [0.2, 0.25) is 5.91 Å². The molecule has 0 saturated carbocycles. The molecule has 3 rings (SSSR count). The number of nitrogens with one attached hydrogen (secondary N) is 2. The van der Waals surface area contributed by atoms with Crippen molar-refractivity contribution in [2.75, 3.05) is 5.23 Å². The van der Waals surface area contributed by atoms with Crippen LogP contribution in [0.3, 0.4) is 0 Å². The Labute approximate surface area is 98.1 Å². The van der Waals surface area contributed by atoms with Gasteiger partial charge in [0.05, 0.1) is 11.2 Å². The van der Waals surface area contributed by atoms with Gasteiger partial charge in [0, 0.05) is 18.9 Å². The molecule has 7 heteroatoms. The van der Waals surface area contributed by atoms with Crippen LogP contribution in [0.1, 0.15) is 10.4 Å². The molecule has 2 heterocycles. The summed E-state index contributed by atoms with van der Waals surface area (Å²) in [4.78, 5) is 11.9. The first-order chi connectivity index (χ1) is 8.24. The number of benzene rings is 1. The van der Waals surface area contributed by atoms with Gasteiger partial charge in [-0.2, -0.15) is 0 Å². The Balaban J connectivity index is 1.96. The number of hydrogen-bond acceptors (Lipinski definition) is 4. The van der Waals surface area contributed by atoms with Gasteiger partial charge in [-0.05, 0) is 12.1 Å². The van der Waals surface area contributed by atoms with E-state index in [1.165, 1.54) is 0 Å². The largest absolute Gasteiger partial charge is 0.431 e. The van der Waals surface area contributed by atoms with Crippen LogP contribution in [0.2, 0.25) is 0 Å². The fourth-order valence-corrected chi connectivity index (χ4v) is 1.85. The van der Waals surface area contributed by atoms with Crippen LogP contribution in [0.5, 0.6) is 0 Å². The van der Waals surface area contributed by atoms with Crippen molar-refractivity contribution in [3.63, 3.8) is 0 Å². The number of para-hydroxylation sites is 1. The highest BCUT2D eigenvalue weighted by atomic mass is 16.1. The molecule has 2 aromatic rings. The van der Waals surface area contributed by atoms with Crippen LogP contribution >= 0.6 is 0 Å². The molecule has 0 fully saturated rings. The van der Waals surface area contributed by atoms with Crippen molar-refractivity contribution in [3.8, 4) is 0 Å². The Morgan fingerprint density at radius 2 is 2.12 bits per heavy atom. The summed E-state index contributed by atoms with van der Waals surface area (Å²) in [6.07, 6.45) is 1.77. The zero-order valence-electron chi connectivity index (χ0n) is 9.21. The van der Waals surface area contributed by atoms with E-state index in [1.54, 1.807) is 24.0 Å². The number of amides is 1. The average Bonchev–Trinajstić information content (AvgIpc) is 2.76. The molecule has 1 aliphatic heterocycles. The lowest BCUT2D eigenvalue weighted by atomic mass is 9.70. The molecule has 6 nitrogen and oxygen atoms in total. The number of nitrogens with zero attached hydrogens (tertiary/aromatic N) is 3. The first-order valence-corrected chi connectivity index (χ1v) is 5.27. The van der Waals surface area contributed by atoms with Crippen molar-refractivity contribution in [1.29, 1.82) is 0 Å². The molecule has 0 bridgehead atoms. The number of aryl methyl sites for hydroxylation is 1. The van der Waals surface area contributed by atoms with Crippen LogP contribution in [0.25, 0.3) is 0 Å². The van der Waals surface area contributed by atoms with Crippen LogP contribution in [0.4, 0.5) is 5.69 Å². The maximum Gasteiger partial charge on any atom is 0.431 e. The molecule has 0 aliphatic carbocycles. The topological polar surface area (TPSA) is 71.8 Å². The van der Waals surface area contributed by atoms with E-state index in [4.69, 9.17) is 0 Å². The molecule has 1 amide bonds. The Kier molecular flexibility index (Phi) is 2.11. The normalized spacial score (nSPS) is 13.9. The van der Waals surface area contributed by atoms with Gasteiger partial charge in [-0.15, -0.1) is 5.10 Å². The first-order valence-electron chi connectivity index (χ1n) is 5.27. The molecular weight excluding hydrogens is 217 g/mol. The number of hydrogen-bond donors (Lipinski definition) is 2. The lowest BCUT2D eigenvalue weighted by Gasteiger charge is -2.22. The summed E-state index contributed by atoms with van der Waals surface area (Å²) in [6.45, 7) is -0.328. The number of rotatable bonds is 1. The number of carbonyl (C=O) groups is 1. The van der Waals surface area contributed by atoms with Crippen molar-refractivity contribution in [2.45, 2.75) is 0 Å². The van der Waals surface area contributed by atoms with Crippen LogP contribution < -0.4 is 16.0 Å². The molecule has 0 atom stereocenters. The summed E-state index contributed by atoms with van der Waals surface area (Å²) in [6, 6.07) is 7.38. The molecule has 0 radical (unpaired) electrons. The highest BCUT2D eigenvalue weighted by Gasteiger charge is 2.30. The van der Waals surface area contributed by atoms with Gasteiger partial charge in [-0.25, -0.2) is 0 Å². The van der Waals surface area contributed by atoms with Crippen LogP contribution in [-0.2, 0) is 7.05 Å². The molecule has 1 aromatic heterocycles. The first kappa shape index (κ1) is 9.89. The maximum atomic E-state index is 11.9. The smallest absolute Gasteiger partial charge is 0.404 e. The van der Waals surface area contributed by atoms with Crippen molar-refractivity contribution >= 4 is 24.2 Å². The Bertz CT molecular complexity index is 582. The molecule has 84 valence electrons. The fraction of sp³-hybridized carbons (Fsp3) is 0.100. The van der Waals surface area contributed by atoms with Gasteiger partial charge in [0.1, 0.15) is 0 Å². The third kappa shape index (κ3) is 1.65. The summed E-state index contributed by atoms with van der Waals surface area (Å²) in [7, 11) is 1.79. The summed E-state index contributed by atoms with van der Waals surface area (Å²) in [5, 5.41) is 13.9. The molecule has 0 saturated heterocycles. The number of aromatic nitrogens is 3. The number of anilines is 1. The second-order valence-corrected chi connectivity index (χ2v) is 3.91. The number of fused-ring (bicyclic) bond motifs is 1. The molecule has 0 spiro atoms. The average molecular weight is 227 g/mol. The van der Waals surface area contributed by atoms with E-state index < -0.39 is 0 Å². The van der Waals surface area contributed by atoms with Crippen LogP contribution in [0.15, 0.2) is 30.5 Å². The zero-order valence-corrected chi connectivity index (χ0v) is 9.21. The number of carbonyl (C=O) groups excluding carboxylic acids is 1. The van der Waals surface area contributed by atoms with E-state index in [0.717, 1.165) is 5.69 Å². The van der Waals surface area contributed by atoms with Crippen LogP contribution in [0, 0.1) is 0 Å². The van der Waals surface area contributed by atoms with Gasteiger partial charge in [-0.3, -0.25) is 9.48 Å². The van der Waals surface area contributed by atoms with Gasteiger partial charge in [-0.1, -0.05) is 17.3 Å². The summed E-state index contributed by atoms with van der Waals surface area (Å²) in [5.41, 5.74) is 2.15. The van der Waals surface area contributed by atoms with E-state index in [1.807, 2.05) is 18.2 Å². The van der Waals surface area contributed by atoms with E-state index >= 15 is 0 Å². The molecule has 0 unspecified atom stereocenters. The van der Waals surface area contributed by atoms with E-state index in [9.17, 15) is 4.79 Å². The van der Waals surface area contributed by atoms with Gasteiger partial charge in [0.25, 0.3) is 0 Å². The van der Waals surface area contributed by atoms with E-state index in [-0.39, 0.29) is 12.9 Å². The van der Waals surface area contributed by atoms with Crippen molar-refractivity contribution in [3.05, 3.63) is 36.0 Å². The molecule has 2 N–H and O–H groups in total. The molecular formula is C10H10BN5O. The van der Waals surface area contributed by atoms with E-state index in [2.05, 4.69) is 20.8 Å². The monoisotopic (exact) mass is 227 g/mol. The van der Waals surface area contributed by atoms with Gasteiger partial charge < -0.3 is 10.5 Å². The van der Waals surface area contributed by atoms with Crippen molar-refractivity contribution in [2.24, 2.45) is 7.05 Å². The summed E-state index contributed by atoms with van der Waals surface area (Å²) < 4.78 is 1.60. The maximum absolute atomic E-state index is 11.9. The van der Waals surface area contributed by atoms with Gasteiger partial charge >= 0.3 is 6.98 Å². The summed E-state index contributed by atoms with van der Waals surface area (Å²) in [5.74, 6) is -0.102. The Hall–Kier alpha value is -2.31. The van der Waals surface area contributed by atoms with Crippen molar-refractivity contribution in [1.82, 2.24) is 20.2 Å². The van der Waals surface area contributed by atoms with Crippen LogP contribution in [-0.4, -0.2) is 27.9 Å². The minimum absolute atomic E-state index is 0.102. The van der Waals surface area contributed by atoms with Gasteiger partial charge in [0.15, 0.2) is 0 Å². The SMILES string of the molecule is Cn1cc(B2NC(=O)c3ccccc3N2)nn1. The Morgan fingerprint density at radius 1 is 1.29 bits per heavy atom. The minimum Gasteiger partial charge on any atom is -0.404 e. The Morgan fingerprint density at radius 3 is 2.88 bits per heavy atom. The predicted octanol–water partition coefficient (Wildman–Crippen LogP) is -0.634.